The highest BCUT2D eigenvalue weighted by molar-refractivity contribution is 9.10. The first-order chi connectivity index (χ1) is 11.7. The van der Waals surface area contributed by atoms with Gasteiger partial charge in [0.05, 0.1) is 0 Å². The molecule has 1 aliphatic heterocycles. The van der Waals surface area contributed by atoms with E-state index in [1.807, 2.05) is 24.3 Å². The van der Waals surface area contributed by atoms with Crippen molar-refractivity contribution in [3.63, 3.8) is 0 Å². The van der Waals surface area contributed by atoms with Crippen LogP contribution < -0.4 is 16.0 Å². The highest BCUT2D eigenvalue weighted by atomic mass is 79.9. The Morgan fingerprint density at radius 2 is 1.50 bits per heavy atom. The Morgan fingerprint density at radius 3 is 2.00 bits per heavy atom. The van der Waals surface area contributed by atoms with E-state index in [1.165, 1.54) is 0 Å². The van der Waals surface area contributed by atoms with Crippen molar-refractivity contribution in [2.24, 2.45) is 0 Å². The molecule has 6 nitrogen and oxygen atoms in total. The third kappa shape index (κ3) is 6.86. The lowest BCUT2D eigenvalue weighted by Crippen LogP contribution is -2.49. The molecule has 0 aromatic heterocycles. The highest BCUT2D eigenvalue weighted by Gasteiger charge is 2.25. The summed E-state index contributed by atoms with van der Waals surface area (Å²) < 4.78 is 1.01. The van der Waals surface area contributed by atoms with E-state index in [0.29, 0.717) is 6.42 Å². The molecule has 2 rings (SSSR count). The summed E-state index contributed by atoms with van der Waals surface area (Å²) in [6.45, 7) is 6.73. The summed E-state index contributed by atoms with van der Waals surface area (Å²) in [6.07, 6.45) is 0.518. The van der Waals surface area contributed by atoms with Crippen LogP contribution in [0.2, 0.25) is 0 Å². The lowest BCUT2D eigenvalue weighted by molar-refractivity contribution is -0.143. The molecule has 0 spiro atoms. The second kappa shape index (κ2) is 10.8. The van der Waals surface area contributed by atoms with Crippen molar-refractivity contribution < 1.29 is 9.90 Å². The van der Waals surface area contributed by atoms with Gasteiger partial charge in [-0.15, -0.1) is 0 Å². The Morgan fingerprint density at radius 1 is 1.00 bits per heavy atom. The summed E-state index contributed by atoms with van der Waals surface area (Å²) in [5.41, 5.74) is 1.04. The maximum absolute atomic E-state index is 11.8. The lowest BCUT2D eigenvalue weighted by atomic mass is 10.0. The van der Waals surface area contributed by atoms with Crippen LogP contribution >= 0.6 is 15.9 Å². The number of benzene rings is 1. The largest absolute Gasteiger partial charge is 0.480 e. The fraction of sp³-hybridized carbons (Fsp3) is 0.588. The van der Waals surface area contributed by atoms with Crippen LogP contribution in [0.3, 0.4) is 0 Å². The van der Waals surface area contributed by atoms with Crippen molar-refractivity contribution in [3.8, 4) is 0 Å². The van der Waals surface area contributed by atoms with Crippen LogP contribution in [-0.2, 0) is 11.2 Å². The van der Waals surface area contributed by atoms with E-state index < -0.39 is 12.0 Å². The fourth-order valence-electron chi connectivity index (χ4n) is 2.81. The van der Waals surface area contributed by atoms with Crippen LogP contribution in [0.1, 0.15) is 5.56 Å². The van der Waals surface area contributed by atoms with Crippen LogP contribution in [0.15, 0.2) is 28.7 Å². The van der Waals surface area contributed by atoms with Crippen molar-refractivity contribution in [3.05, 3.63) is 34.3 Å². The Kier molecular flexibility index (Phi) is 8.69. The molecule has 0 bridgehead atoms. The van der Waals surface area contributed by atoms with Gasteiger partial charge in [0.25, 0.3) is 0 Å². The van der Waals surface area contributed by atoms with Gasteiger partial charge in [-0.2, -0.15) is 0 Å². The number of nitrogens with one attached hydrogen (secondary N) is 3. The van der Waals surface area contributed by atoms with E-state index in [2.05, 4.69) is 36.8 Å². The number of hydrogen-bond acceptors (Lipinski definition) is 5. The van der Waals surface area contributed by atoms with Gasteiger partial charge < -0.3 is 21.1 Å². The molecule has 1 aromatic carbocycles. The summed E-state index contributed by atoms with van der Waals surface area (Å²) in [5, 5.41) is 19.8. The van der Waals surface area contributed by atoms with Gasteiger partial charge >= 0.3 is 5.97 Å². The predicted molar refractivity (Wildman–Crippen MR) is 99.5 cm³/mol. The molecule has 0 amide bonds. The number of rotatable bonds is 4. The predicted octanol–water partition coefficient (Wildman–Crippen LogP) is 0.529. The van der Waals surface area contributed by atoms with Gasteiger partial charge in [0.1, 0.15) is 6.04 Å². The SMILES string of the molecule is O=C(O)C(Cc1ccc(Br)cc1)N1CCNCCNCCNCC1. The second-order valence-electron chi connectivity index (χ2n) is 5.97. The van der Waals surface area contributed by atoms with Crippen molar-refractivity contribution in [1.29, 1.82) is 0 Å². The van der Waals surface area contributed by atoms with Gasteiger partial charge in [0.2, 0.25) is 0 Å². The van der Waals surface area contributed by atoms with Crippen LogP contribution in [0.25, 0.3) is 0 Å². The molecule has 4 N–H and O–H groups in total. The monoisotopic (exact) mass is 398 g/mol. The highest BCUT2D eigenvalue weighted by Crippen LogP contribution is 2.14. The Balaban J connectivity index is 2.01. The Labute approximate surface area is 152 Å². The number of aliphatic carboxylic acids is 1. The molecule has 1 saturated heterocycles. The summed E-state index contributed by atoms with van der Waals surface area (Å²) >= 11 is 3.42. The Hall–Kier alpha value is -0.990. The molecule has 1 heterocycles. The number of halogens is 1. The molecule has 1 aromatic rings. The van der Waals surface area contributed by atoms with E-state index in [1.54, 1.807) is 0 Å². The van der Waals surface area contributed by atoms with Gasteiger partial charge in [-0.3, -0.25) is 9.69 Å². The van der Waals surface area contributed by atoms with Crippen LogP contribution in [0.5, 0.6) is 0 Å². The molecule has 134 valence electrons. The van der Waals surface area contributed by atoms with Crippen molar-refractivity contribution in [1.82, 2.24) is 20.9 Å². The fourth-order valence-corrected chi connectivity index (χ4v) is 3.08. The van der Waals surface area contributed by atoms with Gasteiger partial charge in [-0.05, 0) is 24.1 Å². The van der Waals surface area contributed by atoms with E-state index in [4.69, 9.17) is 0 Å². The maximum atomic E-state index is 11.8. The minimum atomic E-state index is -0.758. The van der Waals surface area contributed by atoms with E-state index >= 15 is 0 Å². The summed E-state index contributed by atoms with van der Waals surface area (Å²) in [7, 11) is 0. The van der Waals surface area contributed by atoms with Crippen molar-refractivity contribution in [2.75, 3.05) is 52.4 Å². The topological polar surface area (TPSA) is 76.6 Å². The van der Waals surface area contributed by atoms with Gasteiger partial charge in [-0.25, -0.2) is 0 Å². The standard InChI is InChI=1S/C17H27BrN4O2/c18-15-3-1-14(2-4-15)13-16(17(23)24)22-11-9-20-7-5-19-6-8-21-10-12-22/h1-4,16,19-21H,5-13H2,(H,23,24). The quantitative estimate of drug-likeness (QED) is 0.592. The molecule has 7 heteroatoms. The van der Waals surface area contributed by atoms with Gasteiger partial charge in [0, 0.05) is 56.8 Å². The number of carboxylic acids is 1. The molecular formula is C17H27BrN4O2. The number of nitrogens with zero attached hydrogens (tertiary/aromatic N) is 1. The zero-order valence-corrected chi connectivity index (χ0v) is 15.5. The van der Waals surface area contributed by atoms with E-state index in [-0.39, 0.29) is 0 Å². The average molecular weight is 399 g/mol. The van der Waals surface area contributed by atoms with Crippen LogP contribution in [0, 0.1) is 0 Å². The van der Waals surface area contributed by atoms with Crippen LogP contribution in [0.4, 0.5) is 0 Å². The van der Waals surface area contributed by atoms with Gasteiger partial charge in [-0.1, -0.05) is 28.1 Å². The zero-order valence-electron chi connectivity index (χ0n) is 13.9. The Bertz CT molecular complexity index is 486. The normalized spacial score (nSPS) is 19.9. The first-order valence-electron chi connectivity index (χ1n) is 8.50. The average Bonchev–Trinajstić information content (AvgIpc) is 2.55. The third-order valence-electron chi connectivity index (χ3n) is 4.18. The molecule has 1 aliphatic rings. The molecule has 1 atom stereocenters. The van der Waals surface area contributed by atoms with E-state index in [0.717, 1.165) is 62.4 Å². The molecule has 1 fully saturated rings. The molecule has 1 unspecified atom stereocenters. The third-order valence-corrected chi connectivity index (χ3v) is 4.71. The molecule has 0 saturated carbocycles. The van der Waals surface area contributed by atoms with Crippen molar-refractivity contribution in [2.45, 2.75) is 12.5 Å². The number of carbonyl (C=O) groups is 1. The summed E-state index contributed by atoms with van der Waals surface area (Å²) in [4.78, 5) is 13.9. The summed E-state index contributed by atoms with van der Waals surface area (Å²) in [6, 6.07) is 7.38. The molecule has 0 radical (unpaired) electrons. The molecule has 24 heavy (non-hydrogen) atoms. The van der Waals surface area contributed by atoms with E-state index in [9.17, 15) is 9.90 Å². The number of carboxylic acid groups (broad SMARTS) is 1. The molecular weight excluding hydrogens is 372 g/mol. The first-order valence-corrected chi connectivity index (χ1v) is 9.29. The minimum Gasteiger partial charge on any atom is -0.480 e. The smallest absolute Gasteiger partial charge is 0.321 e. The second-order valence-corrected chi connectivity index (χ2v) is 6.89. The van der Waals surface area contributed by atoms with Gasteiger partial charge in [0.15, 0.2) is 0 Å². The summed E-state index contributed by atoms with van der Waals surface area (Å²) in [5.74, 6) is -0.758. The first kappa shape index (κ1) is 19.3. The molecule has 0 aliphatic carbocycles. The lowest BCUT2D eigenvalue weighted by Gasteiger charge is -2.29. The van der Waals surface area contributed by atoms with Crippen molar-refractivity contribution >= 4 is 21.9 Å². The minimum absolute atomic E-state index is 0.504. The number of hydrogen-bond donors (Lipinski definition) is 4. The van der Waals surface area contributed by atoms with Crippen LogP contribution in [-0.4, -0.2) is 74.4 Å². The zero-order chi connectivity index (χ0) is 17.2. The maximum Gasteiger partial charge on any atom is 0.321 e.